The van der Waals surface area contributed by atoms with Crippen molar-refractivity contribution in [3.63, 3.8) is 0 Å². The zero-order valence-corrected chi connectivity index (χ0v) is 12.0. The molecule has 0 bridgehead atoms. The highest BCUT2D eigenvalue weighted by Crippen LogP contribution is 2.48. The van der Waals surface area contributed by atoms with E-state index < -0.39 is 0 Å². The van der Waals surface area contributed by atoms with E-state index in [2.05, 4.69) is 22.1 Å². The van der Waals surface area contributed by atoms with Gasteiger partial charge in [0.2, 0.25) is 0 Å². The molecule has 1 saturated carbocycles. The number of carbonyl (C=O) groups excluding carboxylic acids is 1. The van der Waals surface area contributed by atoms with Gasteiger partial charge in [-0.25, -0.2) is 0 Å². The predicted octanol–water partition coefficient (Wildman–Crippen LogP) is 3.42. The smallest absolute Gasteiger partial charge is 0.254 e. The molecule has 1 aliphatic rings. The monoisotopic (exact) mass is 275 g/mol. The number of hydrogen-bond acceptors (Lipinski definition) is 3. The average molecular weight is 275 g/mol. The number of carbonyl (C=O) groups is 1. The van der Waals surface area contributed by atoms with Crippen molar-refractivity contribution < 1.29 is 9.21 Å². The number of amides is 1. The summed E-state index contributed by atoms with van der Waals surface area (Å²) in [5, 5.41) is 7.33. The van der Waals surface area contributed by atoms with Gasteiger partial charge in [0.25, 0.3) is 5.91 Å². The van der Waals surface area contributed by atoms with Gasteiger partial charge in [-0.05, 0) is 55.1 Å². The maximum Gasteiger partial charge on any atom is 0.254 e. The van der Waals surface area contributed by atoms with Crippen LogP contribution in [0.25, 0.3) is 0 Å². The molecule has 0 spiro atoms. The standard InChI is InChI=1S/C15H17NO2S/c1-10-7-13(11(2)18-10)14(17)16-9-15(4-5-15)12-3-6-19-8-12/h3,6-8H,4-5,9H2,1-2H3,(H,16,17). The van der Waals surface area contributed by atoms with Gasteiger partial charge >= 0.3 is 0 Å². The largest absolute Gasteiger partial charge is 0.466 e. The number of hydrogen-bond donors (Lipinski definition) is 1. The van der Waals surface area contributed by atoms with E-state index in [1.165, 1.54) is 5.56 Å². The maximum absolute atomic E-state index is 12.2. The molecule has 19 heavy (non-hydrogen) atoms. The molecule has 0 atom stereocenters. The third kappa shape index (κ3) is 2.32. The number of furan rings is 1. The lowest BCUT2D eigenvalue weighted by Gasteiger charge is -2.14. The summed E-state index contributed by atoms with van der Waals surface area (Å²) in [5.41, 5.74) is 2.19. The summed E-state index contributed by atoms with van der Waals surface area (Å²) in [5.74, 6) is 1.44. The molecule has 3 rings (SSSR count). The molecule has 3 nitrogen and oxygen atoms in total. The highest BCUT2D eigenvalue weighted by molar-refractivity contribution is 7.08. The van der Waals surface area contributed by atoms with Crippen LogP contribution < -0.4 is 5.32 Å². The zero-order valence-electron chi connectivity index (χ0n) is 11.2. The summed E-state index contributed by atoms with van der Waals surface area (Å²) in [6.07, 6.45) is 2.32. The summed E-state index contributed by atoms with van der Waals surface area (Å²) in [6.45, 7) is 4.40. The van der Waals surface area contributed by atoms with Gasteiger partial charge in [0.1, 0.15) is 11.5 Å². The predicted molar refractivity (Wildman–Crippen MR) is 75.7 cm³/mol. The normalized spacial score (nSPS) is 16.3. The van der Waals surface area contributed by atoms with Crippen LogP contribution in [0.2, 0.25) is 0 Å². The molecule has 0 aliphatic heterocycles. The van der Waals surface area contributed by atoms with E-state index in [1.807, 2.05) is 13.8 Å². The van der Waals surface area contributed by atoms with Crippen LogP contribution in [0.4, 0.5) is 0 Å². The Morgan fingerprint density at radius 3 is 2.79 bits per heavy atom. The first-order valence-electron chi connectivity index (χ1n) is 6.49. The summed E-state index contributed by atoms with van der Waals surface area (Å²) in [4.78, 5) is 12.2. The second-order valence-electron chi connectivity index (χ2n) is 5.30. The van der Waals surface area contributed by atoms with E-state index in [0.717, 1.165) is 18.6 Å². The second kappa shape index (κ2) is 4.53. The Labute approximate surface area is 116 Å². The minimum atomic E-state index is -0.0316. The number of nitrogens with one attached hydrogen (secondary N) is 1. The van der Waals surface area contributed by atoms with Crippen molar-refractivity contribution in [2.24, 2.45) is 0 Å². The Kier molecular flexibility index (Phi) is 2.97. The van der Waals surface area contributed by atoms with Crippen molar-refractivity contribution in [3.8, 4) is 0 Å². The molecule has 4 heteroatoms. The minimum Gasteiger partial charge on any atom is -0.466 e. The van der Waals surface area contributed by atoms with Gasteiger partial charge < -0.3 is 9.73 Å². The molecule has 0 unspecified atom stereocenters. The first-order chi connectivity index (χ1) is 9.11. The van der Waals surface area contributed by atoms with Crippen LogP contribution in [0, 0.1) is 13.8 Å². The molecule has 1 aliphatic carbocycles. The van der Waals surface area contributed by atoms with Crippen molar-refractivity contribution in [1.29, 1.82) is 0 Å². The van der Waals surface area contributed by atoms with Crippen LogP contribution in [0.5, 0.6) is 0 Å². The lowest BCUT2D eigenvalue weighted by atomic mass is 9.99. The molecular weight excluding hydrogens is 258 g/mol. The van der Waals surface area contributed by atoms with Gasteiger partial charge in [-0.15, -0.1) is 0 Å². The Morgan fingerprint density at radius 2 is 2.26 bits per heavy atom. The highest BCUT2D eigenvalue weighted by atomic mass is 32.1. The summed E-state index contributed by atoms with van der Waals surface area (Å²) in [7, 11) is 0. The van der Waals surface area contributed by atoms with Gasteiger partial charge in [-0.2, -0.15) is 11.3 Å². The van der Waals surface area contributed by atoms with Crippen molar-refractivity contribution >= 4 is 17.2 Å². The summed E-state index contributed by atoms with van der Waals surface area (Å²) < 4.78 is 5.40. The fourth-order valence-corrected chi connectivity index (χ4v) is 3.26. The van der Waals surface area contributed by atoms with E-state index in [-0.39, 0.29) is 11.3 Å². The van der Waals surface area contributed by atoms with Crippen LogP contribution >= 0.6 is 11.3 Å². The van der Waals surface area contributed by atoms with Gasteiger partial charge in [-0.3, -0.25) is 4.79 Å². The zero-order chi connectivity index (χ0) is 13.5. The average Bonchev–Trinajstić information content (AvgIpc) is 2.82. The SMILES string of the molecule is Cc1cc(C(=O)NCC2(c3ccsc3)CC2)c(C)o1. The Bertz CT molecular complexity index is 594. The highest BCUT2D eigenvalue weighted by Gasteiger charge is 2.44. The van der Waals surface area contributed by atoms with Gasteiger partial charge in [-0.1, -0.05) is 0 Å². The van der Waals surface area contributed by atoms with Crippen LogP contribution in [-0.4, -0.2) is 12.5 Å². The van der Waals surface area contributed by atoms with E-state index in [4.69, 9.17) is 4.42 Å². The number of rotatable bonds is 4. The first-order valence-corrected chi connectivity index (χ1v) is 7.43. The molecule has 100 valence electrons. The Morgan fingerprint density at radius 1 is 1.47 bits per heavy atom. The molecule has 2 aromatic heterocycles. The van der Waals surface area contributed by atoms with E-state index in [9.17, 15) is 4.79 Å². The molecule has 2 aromatic rings. The first kappa shape index (κ1) is 12.5. The number of thiophene rings is 1. The second-order valence-corrected chi connectivity index (χ2v) is 6.08. The van der Waals surface area contributed by atoms with Crippen molar-refractivity contribution in [3.05, 3.63) is 45.5 Å². The van der Waals surface area contributed by atoms with Crippen LogP contribution in [0.3, 0.4) is 0 Å². The molecule has 0 aromatic carbocycles. The third-order valence-corrected chi connectivity index (χ3v) is 4.54. The van der Waals surface area contributed by atoms with Crippen molar-refractivity contribution in [2.75, 3.05) is 6.54 Å². The third-order valence-electron chi connectivity index (χ3n) is 3.86. The minimum absolute atomic E-state index is 0.0316. The van der Waals surface area contributed by atoms with Crippen LogP contribution in [0.1, 0.15) is 40.3 Å². The Balaban J connectivity index is 1.67. The quantitative estimate of drug-likeness (QED) is 0.929. The van der Waals surface area contributed by atoms with Gasteiger partial charge in [0.05, 0.1) is 5.56 Å². The molecule has 1 N–H and O–H groups in total. The molecular formula is C15H17NO2S. The van der Waals surface area contributed by atoms with E-state index in [1.54, 1.807) is 17.4 Å². The van der Waals surface area contributed by atoms with Crippen molar-refractivity contribution in [1.82, 2.24) is 5.32 Å². The molecule has 0 saturated heterocycles. The van der Waals surface area contributed by atoms with E-state index in [0.29, 0.717) is 17.9 Å². The summed E-state index contributed by atoms with van der Waals surface area (Å²) >= 11 is 1.72. The molecule has 1 amide bonds. The fourth-order valence-electron chi connectivity index (χ4n) is 2.49. The molecule has 1 fully saturated rings. The molecule has 0 radical (unpaired) electrons. The van der Waals surface area contributed by atoms with Gasteiger partial charge in [0.15, 0.2) is 0 Å². The van der Waals surface area contributed by atoms with Crippen molar-refractivity contribution in [2.45, 2.75) is 32.1 Å². The number of aryl methyl sites for hydroxylation is 2. The van der Waals surface area contributed by atoms with Gasteiger partial charge in [0, 0.05) is 12.0 Å². The van der Waals surface area contributed by atoms with Crippen LogP contribution in [0.15, 0.2) is 27.3 Å². The molecule has 2 heterocycles. The lowest BCUT2D eigenvalue weighted by molar-refractivity contribution is 0.0948. The topological polar surface area (TPSA) is 42.2 Å². The van der Waals surface area contributed by atoms with Crippen LogP contribution in [-0.2, 0) is 5.41 Å². The summed E-state index contributed by atoms with van der Waals surface area (Å²) in [6, 6.07) is 3.96. The van der Waals surface area contributed by atoms with E-state index >= 15 is 0 Å². The Hall–Kier alpha value is -1.55. The fraction of sp³-hybridized carbons (Fsp3) is 0.400. The lowest BCUT2D eigenvalue weighted by Crippen LogP contribution is -2.32. The maximum atomic E-state index is 12.2.